The van der Waals surface area contributed by atoms with E-state index in [1.165, 1.54) is 4.90 Å². The number of nitrogens with zero attached hydrogens (tertiary/aromatic N) is 2. The molecule has 0 bridgehead atoms. The molecule has 0 saturated carbocycles. The van der Waals surface area contributed by atoms with Gasteiger partial charge in [0.25, 0.3) is 13.0 Å². The first kappa shape index (κ1) is 15.6. The van der Waals surface area contributed by atoms with Gasteiger partial charge in [0.1, 0.15) is 11.4 Å². The van der Waals surface area contributed by atoms with Crippen LogP contribution in [0.15, 0.2) is 10.9 Å². The summed E-state index contributed by atoms with van der Waals surface area (Å²) in [6, 6.07) is 0.715. The van der Waals surface area contributed by atoms with E-state index in [-0.39, 0.29) is 11.6 Å². The zero-order chi connectivity index (χ0) is 14.6. The third-order valence-electron chi connectivity index (χ3n) is 2.56. The molecular weight excluding hydrogens is 262 g/mol. The highest BCUT2D eigenvalue weighted by Crippen LogP contribution is 2.28. The Labute approximate surface area is 108 Å². The number of H-pyrrole nitrogens is 1. The predicted molar refractivity (Wildman–Crippen MR) is 65.1 cm³/mol. The lowest BCUT2D eigenvalue weighted by atomic mass is 9.82. The van der Waals surface area contributed by atoms with Gasteiger partial charge in [0.2, 0.25) is 0 Å². The number of rotatable bonds is 5. The summed E-state index contributed by atoms with van der Waals surface area (Å²) in [5.74, 6) is -0.217. The van der Waals surface area contributed by atoms with Crippen molar-refractivity contribution in [3.05, 3.63) is 22.0 Å². The molecule has 19 heavy (non-hydrogen) atoms. The normalized spacial score (nSPS) is 13.2. The number of anilines is 1. The molecule has 0 aliphatic carbocycles. The number of hydrogen-bond donors (Lipinski definition) is 2. The van der Waals surface area contributed by atoms with Crippen LogP contribution in [0, 0.1) is 0 Å². The zero-order valence-electron chi connectivity index (χ0n) is 10.5. The predicted octanol–water partition coefficient (Wildman–Crippen LogP) is 1.03. The van der Waals surface area contributed by atoms with E-state index >= 15 is 0 Å². The van der Waals surface area contributed by atoms with Crippen molar-refractivity contribution in [3.8, 4) is 0 Å². The number of halogens is 3. The van der Waals surface area contributed by atoms with E-state index in [0.29, 0.717) is 19.2 Å². The molecule has 0 saturated heterocycles. The molecule has 0 unspecified atom stereocenters. The van der Waals surface area contributed by atoms with Gasteiger partial charge in [-0.2, -0.15) is 18.3 Å². The van der Waals surface area contributed by atoms with Crippen LogP contribution in [0.25, 0.3) is 0 Å². The summed E-state index contributed by atoms with van der Waals surface area (Å²) in [5.41, 5.74) is -2.55. The molecule has 5 nitrogen and oxygen atoms in total. The van der Waals surface area contributed by atoms with E-state index in [1.54, 1.807) is 13.8 Å². The highest BCUT2D eigenvalue weighted by Gasteiger charge is 2.35. The molecule has 0 aromatic carbocycles. The second kappa shape index (κ2) is 6.09. The molecule has 2 N–H and O–H groups in total. The highest BCUT2D eigenvalue weighted by molar-refractivity contribution is 6.27. The van der Waals surface area contributed by atoms with Crippen LogP contribution in [0.2, 0.25) is 5.82 Å². The Morgan fingerprint density at radius 3 is 2.68 bits per heavy atom. The van der Waals surface area contributed by atoms with Crippen molar-refractivity contribution in [1.29, 1.82) is 0 Å². The van der Waals surface area contributed by atoms with Gasteiger partial charge < -0.3 is 9.92 Å². The number of nitrogens with one attached hydrogen (secondary N) is 1. The average molecular weight is 276 g/mol. The minimum atomic E-state index is -4.72. The third kappa shape index (κ3) is 3.98. The van der Waals surface area contributed by atoms with Crippen LogP contribution < -0.4 is 10.5 Å². The number of aromatic nitrogens is 2. The first-order valence-electron chi connectivity index (χ1n) is 5.69. The number of hydrogen-bond acceptors (Lipinski definition) is 4. The fourth-order valence-corrected chi connectivity index (χ4v) is 1.55. The van der Waals surface area contributed by atoms with Gasteiger partial charge in [-0.1, -0.05) is 6.92 Å². The van der Waals surface area contributed by atoms with E-state index in [9.17, 15) is 18.0 Å². The smallest absolute Gasteiger partial charge is 0.421 e. The fourth-order valence-electron chi connectivity index (χ4n) is 1.55. The Kier molecular flexibility index (Phi) is 4.99. The van der Waals surface area contributed by atoms with Crippen LogP contribution in [0.4, 0.5) is 19.0 Å². The van der Waals surface area contributed by atoms with Crippen molar-refractivity contribution in [2.45, 2.75) is 25.8 Å². The van der Waals surface area contributed by atoms with Crippen molar-refractivity contribution in [3.63, 3.8) is 0 Å². The van der Waals surface area contributed by atoms with Crippen LogP contribution in [-0.4, -0.2) is 35.8 Å². The van der Waals surface area contributed by atoms with E-state index in [0.717, 1.165) is 7.48 Å². The van der Waals surface area contributed by atoms with E-state index in [2.05, 4.69) is 5.10 Å². The van der Waals surface area contributed by atoms with Crippen molar-refractivity contribution in [2.24, 2.45) is 0 Å². The van der Waals surface area contributed by atoms with E-state index in [4.69, 9.17) is 5.02 Å². The van der Waals surface area contributed by atoms with Gasteiger partial charge >= 0.3 is 6.18 Å². The maximum Gasteiger partial charge on any atom is 0.421 e. The van der Waals surface area contributed by atoms with Gasteiger partial charge in [-0.15, -0.1) is 0 Å². The molecule has 1 heterocycles. The van der Waals surface area contributed by atoms with Crippen LogP contribution in [0.5, 0.6) is 0 Å². The second-order valence-electron chi connectivity index (χ2n) is 4.13. The SMILES string of the molecule is CCN(C[C@@H](C)[B]O)c1cc(C(F)(F)F)c(=O)[nH]n1. The second-order valence-corrected chi connectivity index (χ2v) is 4.13. The minimum Gasteiger partial charge on any atom is -0.454 e. The van der Waals surface area contributed by atoms with Gasteiger partial charge in [0, 0.05) is 19.2 Å². The molecule has 1 radical (unpaired) electrons. The van der Waals surface area contributed by atoms with Crippen molar-refractivity contribution in [1.82, 2.24) is 10.2 Å². The van der Waals surface area contributed by atoms with Gasteiger partial charge in [0.15, 0.2) is 0 Å². The van der Waals surface area contributed by atoms with Gasteiger partial charge in [0.05, 0.1) is 0 Å². The number of aromatic amines is 1. The first-order valence-corrected chi connectivity index (χ1v) is 5.69. The lowest BCUT2D eigenvalue weighted by molar-refractivity contribution is -0.138. The average Bonchev–Trinajstić information content (AvgIpc) is 2.35. The maximum absolute atomic E-state index is 12.6. The zero-order valence-corrected chi connectivity index (χ0v) is 10.5. The summed E-state index contributed by atoms with van der Waals surface area (Å²) in [5, 5.41) is 14.3. The molecule has 0 amide bonds. The lowest BCUT2D eigenvalue weighted by Gasteiger charge is -2.24. The first-order chi connectivity index (χ1) is 8.79. The summed E-state index contributed by atoms with van der Waals surface area (Å²) in [4.78, 5) is 12.6. The lowest BCUT2D eigenvalue weighted by Crippen LogP contribution is -2.31. The Hall–Kier alpha value is -1.51. The molecule has 9 heteroatoms. The molecule has 0 aliphatic heterocycles. The maximum atomic E-state index is 12.6. The molecule has 1 aromatic heterocycles. The van der Waals surface area contributed by atoms with E-state index in [1.807, 2.05) is 5.10 Å². The Morgan fingerprint density at radius 2 is 2.21 bits per heavy atom. The molecule has 1 rings (SSSR count). The Morgan fingerprint density at radius 1 is 1.58 bits per heavy atom. The molecule has 105 valence electrons. The Bertz CT molecular complexity index is 478. The highest BCUT2D eigenvalue weighted by atomic mass is 19.4. The van der Waals surface area contributed by atoms with Crippen LogP contribution >= 0.6 is 0 Å². The Balaban J connectivity index is 3.09. The molecule has 1 atom stereocenters. The molecule has 0 spiro atoms. The standard InChI is InChI=1S/C10H14BF3N3O2/c1-3-17(5-6(2)11-19)8-4-7(10(12,13)14)9(18)16-15-8/h4,6,19H,3,5H2,1-2H3,(H,16,18)/t6-/m1/s1. The summed E-state index contributed by atoms with van der Waals surface area (Å²) < 4.78 is 37.8. The summed E-state index contributed by atoms with van der Waals surface area (Å²) in [7, 11) is 0.957. The summed E-state index contributed by atoms with van der Waals surface area (Å²) >= 11 is 0. The summed E-state index contributed by atoms with van der Waals surface area (Å²) in [6.45, 7) is 4.14. The number of alkyl halides is 3. The van der Waals surface area contributed by atoms with Gasteiger partial charge in [-0.3, -0.25) is 4.79 Å². The van der Waals surface area contributed by atoms with Crippen molar-refractivity contribution in [2.75, 3.05) is 18.0 Å². The molecule has 1 aromatic rings. The van der Waals surface area contributed by atoms with Gasteiger partial charge in [-0.05, 0) is 12.7 Å². The molecular formula is C10H14BF3N3O2. The van der Waals surface area contributed by atoms with Crippen LogP contribution in [-0.2, 0) is 6.18 Å². The van der Waals surface area contributed by atoms with Crippen molar-refractivity contribution < 1.29 is 18.2 Å². The van der Waals surface area contributed by atoms with Crippen LogP contribution in [0.3, 0.4) is 0 Å². The van der Waals surface area contributed by atoms with Crippen molar-refractivity contribution >= 4 is 13.3 Å². The fraction of sp³-hybridized carbons (Fsp3) is 0.600. The topological polar surface area (TPSA) is 69.2 Å². The van der Waals surface area contributed by atoms with E-state index < -0.39 is 17.3 Å². The molecule has 0 aliphatic rings. The quantitative estimate of drug-likeness (QED) is 0.788. The third-order valence-corrected chi connectivity index (χ3v) is 2.56. The summed E-state index contributed by atoms with van der Waals surface area (Å²) in [6.07, 6.45) is -4.72. The monoisotopic (exact) mass is 276 g/mol. The van der Waals surface area contributed by atoms with Crippen LogP contribution in [0.1, 0.15) is 19.4 Å². The minimum absolute atomic E-state index is 0.0168. The largest absolute Gasteiger partial charge is 0.454 e. The molecule has 0 fully saturated rings. The van der Waals surface area contributed by atoms with Gasteiger partial charge in [-0.25, -0.2) is 5.10 Å².